The van der Waals surface area contributed by atoms with Gasteiger partial charge in [-0.25, -0.2) is 0 Å². The predicted octanol–water partition coefficient (Wildman–Crippen LogP) is 4.13. The second kappa shape index (κ2) is 5.38. The van der Waals surface area contributed by atoms with Gasteiger partial charge in [-0.15, -0.1) is 0 Å². The third kappa shape index (κ3) is 2.81. The lowest BCUT2D eigenvalue weighted by atomic mass is 9.72. The van der Waals surface area contributed by atoms with Crippen molar-refractivity contribution in [3.05, 3.63) is 42.0 Å². The molecule has 0 saturated heterocycles. The van der Waals surface area contributed by atoms with E-state index in [2.05, 4.69) is 0 Å². The average molecular weight is 244 g/mol. The van der Waals surface area contributed by atoms with Gasteiger partial charge in [-0.2, -0.15) is 0 Å². The molecule has 96 valence electrons. The summed E-state index contributed by atoms with van der Waals surface area (Å²) in [6, 6.07) is 9.21. The minimum atomic E-state index is -0.277. The Morgan fingerprint density at radius 2 is 1.78 bits per heavy atom. The fourth-order valence-electron chi connectivity index (χ4n) is 2.57. The van der Waals surface area contributed by atoms with Gasteiger partial charge in [0, 0.05) is 17.1 Å². The molecular weight excluding hydrogens is 224 g/mol. The highest BCUT2D eigenvalue weighted by Crippen LogP contribution is 2.37. The van der Waals surface area contributed by atoms with E-state index in [-0.39, 0.29) is 17.0 Å². The number of aliphatic hydroxyl groups is 1. The summed E-state index contributed by atoms with van der Waals surface area (Å²) >= 11 is 0. The zero-order chi connectivity index (χ0) is 13.0. The van der Waals surface area contributed by atoms with Crippen LogP contribution in [0.3, 0.4) is 0 Å². The number of hydrogen-bond acceptors (Lipinski definition) is 2. The van der Waals surface area contributed by atoms with Gasteiger partial charge in [-0.1, -0.05) is 56.5 Å². The molecule has 0 amide bonds. The van der Waals surface area contributed by atoms with Crippen molar-refractivity contribution in [1.82, 2.24) is 0 Å². The first-order valence-corrected chi connectivity index (χ1v) is 6.62. The molecule has 0 unspecified atom stereocenters. The van der Waals surface area contributed by atoms with E-state index in [4.69, 9.17) is 0 Å². The summed E-state index contributed by atoms with van der Waals surface area (Å²) in [5.41, 5.74) is 0.423. The fraction of sp³-hybridized carbons (Fsp3) is 0.438. The van der Waals surface area contributed by atoms with Crippen LogP contribution >= 0.6 is 0 Å². The Bertz CT molecular complexity index is 439. The molecule has 0 heterocycles. The number of hydrogen-bond donors (Lipinski definition) is 1. The van der Waals surface area contributed by atoms with Gasteiger partial charge in [0.2, 0.25) is 0 Å². The Hall–Kier alpha value is -1.57. The standard InChI is InChI=1S/C16H20O2/c1-16(10-6-3-7-11-16)15(18)12-14(17)13-8-4-2-5-9-13/h2,4-5,8-9,12,17H,3,6-7,10-11H2,1H3/b14-12-. The first-order valence-electron chi connectivity index (χ1n) is 6.62. The van der Waals surface area contributed by atoms with E-state index in [1.807, 2.05) is 37.3 Å². The normalized spacial score (nSPS) is 19.5. The van der Waals surface area contributed by atoms with Crippen LogP contribution in [-0.2, 0) is 4.79 Å². The number of allylic oxidation sites excluding steroid dienone is 1. The molecule has 18 heavy (non-hydrogen) atoms. The van der Waals surface area contributed by atoms with Gasteiger partial charge in [-0.05, 0) is 12.8 Å². The van der Waals surface area contributed by atoms with Crippen LogP contribution in [0.4, 0.5) is 0 Å². The summed E-state index contributed by atoms with van der Waals surface area (Å²) in [6.45, 7) is 2.02. The Morgan fingerprint density at radius 1 is 1.17 bits per heavy atom. The van der Waals surface area contributed by atoms with Crippen LogP contribution in [-0.4, -0.2) is 10.9 Å². The quantitative estimate of drug-likeness (QED) is 0.641. The topological polar surface area (TPSA) is 37.3 Å². The lowest BCUT2D eigenvalue weighted by molar-refractivity contribution is -0.124. The van der Waals surface area contributed by atoms with Crippen molar-refractivity contribution in [2.75, 3.05) is 0 Å². The van der Waals surface area contributed by atoms with Crippen molar-refractivity contribution >= 4 is 11.5 Å². The molecule has 0 radical (unpaired) electrons. The van der Waals surface area contributed by atoms with E-state index in [1.165, 1.54) is 12.5 Å². The summed E-state index contributed by atoms with van der Waals surface area (Å²) in [6.07, 6.45) is 6.72. The molecule has 1 fully saturated rings. The molecule has 1 saturated carbocycles. The van der Waals surface area contributed by atoms with Gasteiger partial charge < -0.3 is 5.11 Å². The van der Waals surface area contributed by atoms with Crippen molar-refractivity contribution in [2.45, 2.75) is 39.0 Å². The number of rotatable bonds is 3. The summed E-state index contributed by atoms with van der Waals surface area (Å²) in [4.78, 5) is 12.3. The van der Waals surface area contributed by atoms with E-state index in [0.717, 1.165) is 25.7 Å². The third-order valence-electron chi connectivity index (χ3n) is 3.89. The number of carbonyl (C=O) groups excluding carboxylic acids is 1. The predicted molar refractivity (Wildman–Crippen MR) is 73.2 cm³/mol. The molecule has 2 nitrogen and oxygen atoms in total. The molecule has 2 heteroatoms. The molecule has 1 N–H and O–H groups in total. The van der Waals surface area contributed by atoms with E-state index >= 15 is 0 Å². The van der Waals surface area contributed by atoms with E-state index in [9.17, 15) is 9.90 Å². The van der Waals surface area contributed by atoms with Crippen LogP contribution in [0.2, 0.25) is 0 Å². The third-order valence-corrected chi connectivity index (χ3v) is 3.89. The molecule has 0 aromatic heterocycles. The SMILES string of the molecule is CC1(C(=O)/C=C(\O)c2ccccc2)CCCCC1. The maximum absolute atomic E-state index is 12.3. The van der Waals surface area contributed by atoms with Gasteiger partial charge in [0.05, 0.1) is 0 Å². The Balaban J connectivity index is 2.15. The summed E-state index contributed by atoms with van der Waals surface area (Å²) in [7, 11) is 0. The van der Waals surface area contributed by atoms with Crippen LogP contribution in [0.25, 0.3) is 5.76 Å². The molecule has 1 aliphatic rings. The molecule has 1 aromatic rings. The molecule has 1 aliphatic carbocycles. The lowest BCUT2D eigenvalue weighted by Crippen LogP contribution is -2.29. The van der Waals surface area contributed by atoms with Gasteiger partial charge in [0.15, 0.2) is 5.78 Å². The van der Waals surface area contributed by atoms with E-state index < -0.39 is 0 Å². The van der Waals surface area contributed by atoms with Crippen molar-refractivity contribution in [3.63, 3.8) is 0 Å². The van der Waals surface area contributed by atoms with Crippen LogP contribution in [0, 0.1) is 5.41 Å². The molecule has 0 spiro atoms. The summed E-state index contributed by atoms with van der Waals surface area (Å²) in [5, 5.41) is 9.98. The molecule has 0 bridgehead atoms. The van der Waals surface area contributed by atoms with Crippen molar-refractivity contribution < 1.29 is 9.90 Å². The first-order chi connectivity index (χ1) is 8.62. The monoisotopic (exact) mass is 244 g/mol. The molecular formula is C16H20O2. The highest BCUT2D eigenvalue weighted by Gasteiger charge is 2.33. The van der Waals surface area contributed by atoms with E-state index in [1.54, 1.807) is 0 Å². The maximum atomic E-state index is 12.3. The van der Waals surface area contributed by atoms with Crippen LogP contribution in [0.1, 0.15) is 44.6 Å². The zero-order valence-electron chi connectivity index (χ0n) is 10.9. The number of benzene rings is 1. The largest absolute Gasteiger partial charge is 0.507 e. The van der Waals surface area contributed by atoms with E-state index in [0.29, 0.717) is 5.56 Å². The lowest BCUT2D eigenvalue weighted by Gasteiger charge is -2.30. The van der Waals surface area contributed by atoms with Gasteiger partial charge in [-0.3, -0.25) is 4.79 Å². The van der Waals surface area contributed by atoms with Crippen molar-refractivity contribution in [2.24, 2.45) is 5.41 Å². The minimum absolute atomic E-state index is 0.0588. The summed E-state index contributed by atoms with van der Waals surface area (Å²) < 4.78 is 0. The highest BCUT2D eigenvalue weighted by molar-refractivity contribution is 5.99. The van der Waals surface area contributed by atoms with Crippen LogP contribution in [0.15, 0.2) is 36.4 Å². The summed E-state index contributed by atoms with van der Waals surface area (Å²) in [5.74, 6) is 0.135. The molecule has 0 atom stereocenters. The zero-order valence-corrected chi connectivity index (χ0v) is 10.9. The highest BCUT2D eigenvalue weighted by atomic mass is 16.3. The molecule has 1 aromatic carbocycles. The van der Waals surface area contributed by atoms with Gasteiger partial charge in [0.25, 0.3) is 0 Å². The Morgan fingerprint density at radius 3 is 2.39 bits per heavy atom. The van der Waals surface area contributed by atoms with Crippen LogP contribution < -0.4 is 0 Å². The van der Waals surface area contributed by atoms with Gasteiger partial charge >= 0.3 is 0 Å². The average Bonchev–Trinajstić information content (AvgIpc) is 2.40. The second-order valence-corrected chi connectivity index (χ2v) is 5.38. The molecule has 2 rings (SSSR count). The fourth-order valence-corrected chi connectivity index (χ4v) is 2.57. The van der Waals surface area contributed by atoms with Crippen LogP contribution in [0.5, 0.6) is 0 Å². The number of aliphatic hydroxyl groups excluding tert-OH is 1. The Kier molecular flexibility index (Phi) is 3.85. The van der Waals surface area contributed by atoms with Crippen molar-refractivity contribution in [3.8, 4) is 0 Å². The maximum Gasteiger partial charge on any atom is 0.165 e. The smallest absolute Gasteiger partial charge is 0.165 e. The van der Waals surface area contributed by atoms with Gasteiger partial charge in [0.1, 0.15) is 5.76 Å². The first kappa shape index (κ1) is 12.9. The number of carbonyl (C=O) groups is 1. The number of ketones is 1. The molecule has 0 aliphatic heterocycles. The minimum Gasteiger partial charge on any atom is -0.507 e. The van der Waals surface area contributed by atoms with Crippen molar-refractivity contribution in [1.29, 1.82) is 0 Å². The Labute approximate surface area is 108 Å². The second-order valence-electron chi connectivity index (χ2n) is 5.38.